The molecule has 7 heteroatoms. The van der Waals surface area contributed by atoms with Crippen molar-refractivity contribution in [3.05, 3.63) is 35.4 Å². The van der Waals surface area contributed by atoms with Crippen LogP contribution in [-0.2, 0) is 9.59 Å². The molecule has 0 saturated heterocycles. The van der Waals surface area contributed by atoms with E-state index in [0.29, 0.717) is 37.1 Å². The molecule has 0 saturated carbocycles. The van der Waals surface area contributed by atoms with Crippen molar-refractivity contribution in [2.75, 3.05) is 19.6 Å². The van der Waals surface area contributed by atoms with Crippen LogP contribution in [0.2, 0.25) is 0 Å². The molecule has 0 unspecified atom stereocenters. The van der Waals surface area contributed by atoms with Crippen LogP contribution in [0.15, 0.2) is 24.3 Å². The van der Waals surface area contributed by atoms with Crippen molar-refractivity contribution in [2.45, 2.75) is 26.2 Å². The molecular weight excluding hydrogens is 310 g/mol. The number of amides is 4. The summed E-state index contributed by atoms with van der Waals surface area (Å²) in [7, 11) is 0. The van der Waals surface area contributed by atoms with Gasteiger partial charge in [0.1, 0.15) is 0 Å². The van der Waals surface area contributed by atoms with Crippen LogP contribution in [0.3, 0.4) is 0 Å². The number of carbonyl (C=O) groups is 4. The fourth-order valence-corrected chi connectivity index (χ4v) is 2.51. The molecular formula is C17H21N3O4. The minimum atomic E-state index is -0.300. The van der Waals surface area contributed by atoms with Gasteiger partial charge in [0.25, 0.3) is 11.8 Å². The van der Waals surface area contributed by atoms with Crippen LogP contribution >= 0.6 is 0 Å². The molecule has 2 rings (SSSR count). The van der Waals surface area contributed by atoms with Gasteiger partial charge in [-0.05, 0) is 25.0 Å². The second-order valence-corrected chi connectivity index (χ2v) is 5.60. The van der Waals surface area contributed by atoms with Crippen LogP contribution in [0.1, 0.15) is 46.9 Å². The number of carbonyl (C=O) groups excluding carboxylic acids is 4. The first-order valence-corrected chi connectivity index (χ1v) is 7.97. The normalized spacial score (nSPS) is 13.0. The third-order valence-corrected chi connectivity index (χ3v) is 3.71. The number of imide groups is 1. The number of hydrogen-bond acceptors (Lipinski definition) is 4. The van der Waals surface area contributed by atoms with Crippen molar-refractivity contribution in [1.29, 1.82) is 0 Å². The number of benzene rings is 1. The Bertz CT molecular complexity index is 622. The zero-order valence-corrected chi connectivity index (χ0v) is 13.6. The van der Waals surface area contributed by atoms with Gasteiger partial charge in [0.15, 0.2) is 0 Å². The molecule has 1 heterocycles. The topological polar surface area (TPSA) is 95.6 Å². The summed E-state index contributed by atoms with van der Waals surface area (Å²) in [6.07, 6.45) is 1.32. The predicted molar refractivity (Wildman–Crippen MR) is 87.4 cm³/mol. The van der Waals surface area contributed by atoms with Crippen molar-refractivity contribution in [3.8, 4) is 0 Å². The summed E-state index contributed by atoms with van der Waals surface area (Å²) in [5.41, 5.74) is 0.842. The summed E-state index contributed by atoms with van der Waals surface area (Å²) in [6.45, 7) is 2.67. The molecule has 0 radical (unpaired) electrons. The first kappa shape index (κ1) is 17.7. The van der Waals surface area contributed by atoms with Gasteiger partial charge in [-0.25, -0.2) is 0 Å². The minimum absolute atomic E-state index is 0.0951. The maximum atomic E-state index is 12.2. The Morgan fingerprint density at radius 2 is 1.54 bits per heavy atom. The highest BCUT2D eigenvalue weighted by molar-refractivity contribution is 6.21. The summed E-state index contributed by atoms with van der Waals surface area (Å²) in [5, 5.41) is 5.39. The van der Waals surface area contributed by atoms with E-state index in [0.717, 1.165) is 0 Å². The highest BCUT2D eigenvalue weighted by Crippen LogP contribution is 2.22. The molecule has 4 amide bonds. The first-order chi connectivity index (χ1) is 11.5. The largest absolute Gasteiger partial charge is 0.356 e. The summed E-state index contributed by atoms with van der Waals surface area (Å²) in [4.78, 5) is 47.9. The van der Waals surface area contributed by atoms with Gasteiger partial charge in [0, 0.05) is 33.0 Å². The van der Waals surface area contributed by atoms with Crippen LogP contribution in [0.4, 0.5) is 0 Å². The molecule has 1 aromatic carbocycles. The summed E-state index contributed by atoms with van der Waals surface area (Å²) < 4.78 is 0. The van der Waals surface area contributed by atoms with Crippen LogP contribution < -0.4 is 10.6 Å². The predicted octanol–water partition coefficient (Wildman–Crippen LogP) is 0.705. The van der Waals surface area contributed by atoms with E-state index >= 15 is 0 Å². The lowest BCUT2D eigenvalue weighted by Gasteiger charge is -2.13. The van der Waals surface area contributed by atoms with Crippen molar-refractivity contribution < 1.29 is 19.2 Å². The molecule has 24 heavy (non-hydrogen) atoms. The van der Waals surface area contributed by atoms with E-state index in [2.05, 4.69) is 10.6 Å². The lowest BCUT2D eigenvalue weighted by Crippen LogP contribution is -2.32. The number of rotatable bonds is 8. The molecule has 0 spiro atoms. The van der Waals surface area contributed by atoms with Crippen molar-refractivity contribution >= 4 is 23.6 Å². The second-order valence-electron chi connectivity index (χ2n) is 5.60. The van der Waals surface area contributed by atoms with Crippen molar-refractivity contribution in [3.63, 3.8) is 0 Å². The van der Waals surface area contributed by atoms with Gasteiger partial charge in [-0.15, -0.1) is 0 Å². The molecule has 0 bridgehead atoms. The molecule has 1 aromatic rings. The van der Waals surface area contributed by atoms with Crippen LogP contribution in [-0.4, -0.2) is 48.2 Å². The Balaban J connectivity index is 1.68. The Hall–Kier alpha value is -2.70. The molecule has 7 nitrogen and oxygen atoms in total. The van der Waals surface area contributed by atoms with E-state index in [4.69, 9.17) is 0 Å². The van der Waals surface area contributed by atoms with Crippen molar-refractivity contribution in [2.24, 2.45) is 0 Å². The van der Waals surface area contributed by atoms with Gasteiger partial charge >= 0.3 is 0 Å². The highest BCUT2D eigenvalue weighted by atomic mass is 16.2. The van der Waals surface area contributed by atoms with Crippen LogP contribution in [0.5, 0.6) is 0 Å². The lowest BCUT2D eigenvalue weighted by atomic mass is 10.1. The average Bonchev–Trinajstić information content (AvgIpc) is 2.79. The molecule has 2 N–H and O–H groups in total. The van der Waals surface area contributed by atoms with Gasteiger partial charge < -0.3 is 10.6 Å². The monoisotopic (exact) mass is 331 g/mol. The van der Waals surface area contributed by atoms with E-state index in [1.807, 2.05) is 0 Å². The number of nitrogens with one attached hydrogen (secondary N) is 2. The Morgan fingerprint density at radius 1 is 0.958 bits per heavy atom. The second kappa shape index (κ2) is 8.24. The van der Waals surface area contributed by atoms with E-state index in [-0.39, 0.29) is 36.6 Å². The average molecular weight is 331 g/mol. The Morgan fingerprint density at radius 3 is 2.12 bits per heavy atom. The third-order valence-electron chi connectivity index (χ3n) is 3.71. The Labute approximate surface area is 140 Å². The number of fused-ring (bicyclic) bond motifs is 1. The molecule has 1 aliphatic heterocycles. The lowest BCUT2D eigenvalue weighted by molar-refractivity contribution is -0.121. The molecule has 0 fully saturated rings. The van der Waals surface area contributed by atoms with Crippen molar-refractivity contribution in [1.82, 2.24) is 15.5 Å². The van der Waals surface area contributed by atoms with E-state index in [1.54, 1.807) is 24.3 Å². The van der Waals surface area contributed by atoms with Gasteiger partial charge in [-0.1, -0.05) is 12.1 Å². The highest BCUT2D eigenvalue weighted by Gasteiger charge is 2.34. The first-order valence-electron chi connectivity index (χ1n) is 7.97. The SMILES string of the molecule is CC(=O)NCCCNC(=O)CCCN1C(=O)c2ccccc2C1=O. The van der Waals surface area contributed by atoms with Gasteiger partial charge in [0.2, 0.25) is 11.8 Å². The summed E-state index contributed by atoms with van der Waals surface area (Å²) >= 11 is 0. The number of hydrogen-bond donors (Lipinski definition) is 2. The van der Waals surface area contributed by atoms with Crippen LogP contribution in [0, 0.1) is 0 Å². The minimum Gasteiger partial charge on any atom is -0.356 e. The molecule has 0 aromatic heterocycles. The maximum Gasteiger partial charge on any atom is 0.261 e. The number of nitrogens with zero attached hydrogens (tertiary/aromatic N) is 1. The molecule has 0 aliphatic carbocycles. The molecule has 128 valence electrons. The van der Waals surface area contributed by atoms with Gasteiger partial charge in [0.05, 0.1) is 11.1 Å². The van der Waals surface area contributed by atoms with E-state index in [1.165, 1.54) is 11.8 Å². The molecule has 0 atom stereocenters. The maximum absolute atomic E-state index is 12.2. The fourth-order valence-electron chi connectivity index (χ4n) is 2.51. The quantitative estimate of drug-likeness (QED) is 0.541. The third kappa shape index (κ3) is 4.41. The smallest absolute Gasteiger partial charge is 0.261 e. The van der Waals surface area contributed by atoms with Crippen LogP contribution in [0.25, 0.3) is 0 Å². The standard InChI is InChI=1S/C17H21N3O4/c1-12(21)18-9-5-10-19-15(22)8-4-11-20-16(23)13-6-2-3-7-14(13)17(20)24/h2-3,6-7H,4-5,8-11H2,1H3,(H,18,21)(H,19,22). The fraction of sp³-hybridized carbons (Fsp3) is 0.412. The summed E-state index contributed by atoms with van der Waals surface area (Å²) in [5.74, 6) is -0.825. The van der Waals surface area contributed by atoms with E-state index in [9.17, 15) is 19.2 Å². The van der Waals surface area contributed by atoms with Gasteiger partial charge in [-0.2, -0.15) is 0 Å². The summed E-state index contributed by atoms with van der Waals surface area (Å²) in [6, 6.07) is 6.72. The molecule has 1 aliphatic rings. The van der Waals surface area contributed by atoms with E-state index < -0.39 is 0 Å². The zero-order chi connectivity index (χ0) is 17.5. The van der Waals surface area contributed by atoms with Gasteiger partial charge in [-0.3, -0.25) is 24.1 Å². The Kier molecular flexibility index (Phi) is 6.06. The zero-order valence-electron chi connectivity index (χ0n) is 13.6.